The second-order valence-corrected chi connectivity index (χ2v) is 6.13. The van der Waals surface area contributed by atoms with Gasteiger partial charge in [-0.25, -0.2) is 4.98 Å². The van der Waals surface area contributed by atoms with Crippen LogP contribution in [0.3, 0.4) is 0 Å². The fourth-order valence-electron chi connectivity index (χ4n) is 2.48. The topological polar surface area (TPSA) is 62.3 Å². The van der Waals surface area contributed by atoms with Crippen molar-refractivity contribution in [2.75, 3.05) is 6.54 Å². The highest BCUT2D eigenvalue weighted by molar-refractivity contribution is 7.09. The van der Waals surface area contributed by atoms with Gasteiger partial charge in [-0.05, 0) is 26.2 Å². The Hall–Kier alpha value is -1.43. The molecule has 2 heterocycles. The van der Waals surface area contributed by atoms with Crippen LogP contribution in [0.15, 0.2) is 5.38 Å². The molecule has 5 nitrogen and oxygen atoms in total. The summed E-state index contributed by atoms with van der Waals surface area (Å²) >= 11 is 1.57. The Balaban J connectivity index is 1.89. The molecule has 2 amide bonds. The van der Waals surface area contributed by atoms with Gasteiger partial charge in [0.05, 0.1) is 17.2 Å². The number of nitrogens with one attached hydrogen (secondary N) is 1. The predicted molar refractivity (Wildman–Crippen MR) is 78.3 cm³/mol. The van der Waals surface area contributed by atoms with E-state index in [1.807, 2.05) is 19.2 Å². The number of carbonyl (C=O) groups excluding carboxylic acids is 2. The van der Waals surface area contributed by atoms with Crippen LogP contribution in [0.4, 0.5) is 0 Å². The number of carbonyl (C=O) groups is 2. The summed E-state index contributed by atoms with van der Waals surface area (Å²) in [6.45, 7) is 5.06. The Morgan fingerprint density at radius 1 is 1.55 bits per heavy atom. The molecule has 1 aromatic rings. The molecule has 1 fully saturated rings. The number of amides is 2. The van der Waals surface area contributed by atoms with Gasteiger partial charge in [-0.15, -0.1) is 11.3 Å². The third kappa shape index (κ3) is 3.56. The molecule has 0 unspecified atom stereocenters. The van der Waals surface area contributed by atoms with E-state index in [0.717, 1.165) is 30.0 Å². The average molecular weight is 295 g/mol. The van der Waals surface area contributed by atoms with E-state index in [4.69, 9.17) is 0 Å². The number of thiazole rings is 1. The fraction of sp³-hybridized carbons (Fsp3) is 0.643. The highest BCUT2D eigenvalue weighted by atomic mass is 32.1. The van der Waals surface area contributed by atoms with Gasteiger partial charge in [-0.1, -0.05) is 6.92 Å². The van der Waals surface area contributed by atoms with E-state index in [-0.39, 0.29) is 17.9 Å². The van der Waals surface area contributed by atoms with E-state index in [9.17, 15) is 9.59 Å². The zero-order chi connectivity index (χ0) is 14.5. The van der Waals surface area contributed by atoms with Crippen molar-refractivity contribution >= 4 is 23.2 Å². The number of rotatable bonds is 5. The fourth-order valence-corrected chi connectivity index (χ4v) is 3.09. The van der Waals surface area contributed by atoms with Crippen molar-refractivity contribution in [2.45, 2.75) is 52.1 Å². The Morgan fingerprint density at radius 2 is 2.35 bits per heavy atom. The van der Waals surface area contributed by atoms with Gasteiger partial charge >= 0.3 is 0 Å². The number of hydrogen-bond donors (Lipinski definition) is 1. The van der Waals surface area contributed by atoms with Crippen LogP contribution in [0.1, 0.15) is 43.3 Å². The molecule has 20 heavy (non-hydrogen) atoms. The summed E-state index contributed by atoms with van der Waals surface area (Å²) in [5.74, 6) is 0.0345. The molecule has 0 bridgehead atoms. The number of likely N-dealkylation sites (tertiary alicyclic amines) is 1. The maximum Gasteiger partial charge on any atom is 0.243 e. The van der Waals surface area contributed by atoms with Gasteiger partial charge in [-0.3, -0.25) is 9.59 Å². The first-order valence-electron chi connectivity index (χ1n) is 7.10. The van der Waals surface area contributed by atoms with E-state index in [1.54, 1.807) is 16.2 Å². The molecule has 2 rings (SSSR count). The Labute approximate surface area is 123 Å². The highest BCUT2D eigenvalue weighted by Gasteiger charge is 2.33. The van der Waals surface area contributed by atoms with Crippen molar-refractivity contribution in [1.29, 1.82) is 0 Å². The van der Waals surface area contributed by atoms with Crippen LogP contribution in [0.2, 0.25) is 0 Å². The lowest BCUT2D eigenvalue weighted by Crippen LogP contribution is -2.45. The summed E-state index contributed by atoms with van der Waals surface area (Å²) in [5.41, 5.74) is 0.880. The zero-order valence-electron chi connectivity index (χ0n) is 12.0. The Bertz CT molecular complexity index is 487. The van der Waals surface area contributed by atoms with Gasteiger partial charge in [0.1, 0.15) is 6.04 Å². The third-order valence-corrected chi connectivity index (χ3v) is 4.27. The van der Waals surface area contributed by atoms with E-state index < -0.39 is 0 Å². The summed E-state index contributed by atoms with van der Waals surface area (Å²) in [7, 11) is 0. The summed E-state index contributed by atoms with van der Waals surface area (Å²) < 4.78 is 0. The molecule has 1 saturated heterocycles. The standard InChI is InChI=1S/C14H21N3O2S/c1-3-5-13(18)17-7-4-6-12(17)14(19)15-8-11-9-20-10(2)16-11/h9,12H,3-8H2,1-2H3,(H,15,19)/t12-/m1/s1. The summed E-state index contributed by atoms with van der Waals surface area (Å²) in [5, 5.41) is 5.84. The lowest BCUT2D eigenvalue weighted by Gasteiger charge is -2.23. The van der Waals surface area contributed by atoms with Crippen LogP contribution in [-0.2, 0) is 16.1 Å². The first kappa shape index (κ1) is 15.0. The first-order chi connectivity index (χ1) is 9.61. The number of aryl methyl sites for hydroxylation is 1. The molecule has 0 aromatic carbocycles. The van der Waals surface area contributed by atoms with E-state index in [1.165, 1.54) is 0 Å². The van der Waals surface area contributed by atoms with E-state index in [0.29, 0.717) is 19.5 Å². The molecule has 1 aromatic heterocycles. The van der Waals surface area contributed by atoms with Crippen molar-refractivity contribution in [2.24, 2.45) is 0 Å². The van der Waals surface area contributed by atoms with Crippen molar-refractivity contribution < 1.29 is 9.59 Å². The molecule has 0 spiro atoms. The van der Waals surface area contributed by atoms with Gasteiger partial charge < -0.3 is 10.2 Å². The maximum atomic E-state index is 12.2. The predicted octanol–water partition coefficient (Wildman–Crippen LogP) is 1.86. The molecule has 0 radical (unpaired) electrons. The molecule has 110 valence electrons. The maximum absolute atomic E-state index is 12.2. The normalized spacial score (nSPS) is 18.3. The van der Waals surface area contributed by atoms with Gasteiger partial charge in [0.2, 0.25) is 11.8 Å². The zero-order valence-corrected chi connectivity index (χ0v) is 12.8. The molecular formula is C14H21N3O2S. The SMILES string of the molecule is CCCC(=O)N1CCC[C@@H]1C(=O)NCc1csc(C)n1. The highest BCUT2D eigenvalue weighted by Crippen LogP contribution is 2.19. The number of aromatic nitrogens is 1. The molecule has 1 N–H and O–H groups in total. The van der Waals surface area contributed by atoms with Gasteiger partial charge in [0.25, 0.3) is 0 Å². The van der Waals surface area contributed by atoms with Crippen LogP contribution in [0.25, 0.3) is 0 Å². The average Bonchev–Trinajstić information content (AvgIpc) is 3.05. The van der Waals surface area contributed by atoms with Gasteiger partial charge in [0.15, 0.2) is 0 Å². The van der Waals surface area contributed by atoms with E-state index >= 15 is 0 Å². The van der Waals surface area contributed by atoms with Gasteiger partial charge in [-0.2, -0.15) is 0 Å². The van der Waals surface area contributed by atoms with Crippen LogP contribution in [0.5, 0.6) is 0 Å². The first-order valence-corrected chi connectivity index (χ1v) is 7.98. The monoisotopic (exact) mass is 295 g/mol. The minimum absolute atomic E-state index is 0.0578. The Morgan fingerprint density at radius 3 is 3.00 bits per heavy atom. The minimum Gasteiger partial charge on any atom is -0.349 e. The lowest BCUT2D eigenvalue weighted by atomic mass is 10.2. The van der Waals surface area contributed by atoms with Crippen molar-refractivity contribution in [3.05, 3.63) is 16.1 Å². The largest absolute Gasteiger partial charge is 0.349 e. The minimum atomic E-state index is -0.297. The summed E-state index contributed by atoms with van der Waals surface area (Å²) in [4.78, 5) is 30.2. The van der Waals surface area contributed by atoms with Crippen molar-refractivity contribution in [3.8, 4) is 0 Å². The number of nitrogens with zero attached hydrogens (tertiary/aromatic N) is 2. The molecule has 0 saturated carbocycles. The van der Waals surface area contributed by atoms with Crippen molar-refractivity contribution in [3.63, 3.8) is 0 Å². The van der Waals surface area contributed by atoms with E-state index in [2.05, 4.69) is 10.3 Å². The Kier molecular flexibility index (Phi) is 5.11. The molecule has 0 aliphatic carbocycles. The second kappa shape index (κ2) is 6.83. The smallest absolute Gasteiger partial charge is 0.243 e. The number of hydrogen-bond acceptors (Lipinski definition) is 4. The third-order valence-electron chi connectivity index (χ3n) is 3.45. The molecule has 1 aliphatic heterocycles. The van der Waals surface area contributed by atoms with Crippen LogP contribution in [0, 0.1) is 6.92 Å². The molecule has 6 heteroatoms. The van der Waals surface area contributed by atoms with Crippen LogP contribution >= 0.6 is 11.3 Å². The lowest BCUT2D eigenvalue weighted by molar-refractivity contribution is -0.138. The summed E-state index contributed by atoms with van der Waals surface area (Å²) in [6.07, 6.45) is 3.01. The quantitative estimate of drug-likeness (QED) is 0.902. The molecule has 1 aliphatic rings. The molecular weight excluding hydrogens is 274 g/mol. The second-order valence-electron chi connectivity index (χ2n) is 5.07. The van der Waals surface area contributed by atoms with Gasteiger partial charge in [0, 0.05) is 18.3 Å². The summed E-state index contributed by atoms with van der Waals surface area (Å²) in [6, 6.07) is -0.297. The van der Waals surface area contributed by atoms with Crippen LogP contribution < -0.4 is 5.32 Å². The van der Waals surface area contributed by atoms with Crippen molar-refractivity contribution in [1.82, 2.24) is 15.2 Å². The van der Waals surface area contributed by atoms with Crippen LogP contribution in [-0.4, -0.2) is 34.3 Å². The molecule has 1 atom stereocenters.